The van der Waals surface area contributed by atoms with Crippen molar-refractivity contribution in [3.05, 3.63) is 78.1 Å². The average molecular weight is 414 g/mol. The van der Waals surface area contributed by atoms with E-state index in [0.717, 1.165) is 55.1 Å². The molecule has 0 bridgehead atoms. The molecule has 2 amide bonds. The van der Waals surface area contributed by atoms with Gasteiger partial charge in [0.2, 0.25) is 0 Å². The predicted molar refractivity (Wildman–Crippen MR) is 124 cm³/mol. The van der Waals surface area contributed by atoms with E-state index in [1.807, 2.05) is 35.2 Å². The van der Waals surface area contributed by atoms with Crippen molar-refractivity contribution in [2.45, 2.75) is 13.1 Å². The minimum atomic E-state index is 0.00955. The van der Waals surface area contributed by atoms with Crippen LogP contribution in [0.15, 0.2) is 66.7 Å². The molecule has 3 aromatic carbocycles. The SMILES string of the molecule is Cn1c(CN2CCN(C(=O)NCc3cccc4ccccc34)CC2)nc2ccccc21. The number of benzene rings is 3. The van der Waals surface area contributed by atoms with E-state index in [9.17, 15) is 4.79 Å². The van der Waals surface area contributed by atoms with Crippen LogP contribution in [0, 0.1) is 0 Å². The molecule has 0 unspecified atom stereocenters. The van der Waals surface area contributed by atoms with Gasteiger partial charge in [-0.25, -0.2) is 9.78 Å². The van der Waals surface area contributed by atoms with Gasteiger partial charge in [-0.05, 0) is 28.5 Å². The molecule has 0 atom stereocenters. The summed E-state index contributed by atoms with van der Waals surface area (Å²) in [7, 11) is 2.07. The van der Waals surface area contributed by atoms with Crippen LogP contribution in [-0.2, 0) is 20.1 Å². The fourth-order valence-corrected chi connectivity index (χ4v) is 4.38. The van der Waals surface area contributed by atoms with E-state index >= 15 is 0 Å². The molecule has 2 heterocycles. The summed E-state index contributed by atoms with van der Waals surface area (Å²) < 4.78 is 2.17. The summed E-state index contributed by atoms with van der Waals surface area (Å²) in [6.45, 7) is 4.50. The zero-order chi connectivity index (χ0) is 21.2. The molecule has 6 heteroatoms. The lowest BCUT2D eigenvalue weighted by Gasteiger charge is -2.34. The van der Waals surface area contributed by atoms with Gasteiger partial charge >= 0.3 is 6.03 Å². The number of amides is 2. The average Bonchev–Trinajstić information content (AvgIpc) is 3.13. The molecule has 1 fully saturated rings. The Kier molecular flexibility index (Phi) is 5.30. The van der Waals surface area contributed by atoms with Crippen LogP contribution in [0.25, 0.3) is 21.8 Å². The number of piperazine rings is 1. The number of urea groups is 1. The lowest BCUT2D eigenvalue weighted by atomic mass is 10.0. The zero-order valence-corrected chi connectivity index (χ0v) is 17.8. The Morgan fingerprint density at radius 1 is 0.935 bits per heavy atom. The summed E-state index contributed by atoms with van der Waals surface area (Å²) in [6.07, 6.45) is 0. The Bertz CT molecular complexity index is 1220. The molecular weight excluding hydrogens is 386 g/mol. The highest BCUT2D eigenvalue weighted by Gasteiger charge is 2.22. The minimum absolute atomic E-state index is 0.00955. The van der Waals surface area contributed by atoms with Crippen molar-refractivity contribution in [2.75, 3.05) is 26.2 Å². The molecule has 1 aliphatic rings. The van der Waals surface area contributed by atoms with Crippen molar-refractivity contribution in [1.82, 2.24) is 24.7 Å². The van der Waals surface area contributed by atoms with E-state index in [1.54, 1.807) is 0 Å². The highest BCUT2D eigenvalue weighted by atomic mass is 16.2. The van der Waals surface area contributed by atoms with Gasteiger partial charge in [0.15, 0.2) is 0 Å². The number of rotatable bonds is 4. The van der Waals surface area contributed by atoms with Crippen LogP contribution in [0.5, 0.6) is 0 Å². The first-order valence-corrected chi connectivity index (χ1v) is 10.8. The van der Waals surface area contributed by atoms with Gasteiger partial charge in [-0.3, -0.25) is 4.90 Å². The maximum atomic E-state index is 12.7. The quantitative estimate of drug-likeness (QED) is 0.554. The third-order valence-electron chi connectivity index (χ3n) is 6.21. The summed E-state index contributed by atoms with van der Waals surface area (Å²) in [4.78, 5) is 21.8. The normalized spacial score (nSPS) is 14.9. The number of hydrogen-bond acceptors (Lipinski definition) is 3. The number of imidazole rings is 1. The number of para-hydroxylation sites is 2. The van der Waals surface area contributed by atoms with Crippen molar-refractivity contribution in [3.63, 3.8) is 0 Å². The van der Waals surface area contributed by atoms with Gasteiger partial charge in [-0.15, -0.1) is 0 Å². The Hall–Kier alpha value is -3.38. The number of nitrogens with one attached hydrogen (secondary N) is 1. The highest BCUT2D eigenvalue weighted by Crippen LogP contribution is 2.19. The van der Waals surface area contributed by atoms with Gasteiger partial charge in [0.25, 0.3) is 0 Å². The first-order chi connectivity index (χ1) is 15.2. The van der Waals surface area contributed by atoms with Crippen LogP contribution >= 0.6 is 0 Å². The van der Waals surface area contributed by atoms with Crippen LogP contribution in [-0.4, -0.2) is 51.6 Å². The molecular formula is C25H27N5O. The molecule has 1 saturated heterocycles. The first-order valence-electron chi connectivity index (χ1n) is 10.8. The standard InChI is InChI=1S/C25H27N5O/c1-28-23-12-5-4-11-22(23)27-24(28)18-29-13-15-30(16-14-29)25(31)26-17-20-9-6-8-19-7-2-3-10-21(19)20/h2-12H,13-18H2,1H3,(H,26,31). The molecule has 0 aliphatic carbocycles. The number of nitrogens with zero attached hydrogens (tertiary/aromatic N) is 4. The number of aryl methyl sites for hydroxylation is 1. The molecule has 0 radical (unpaired) electrons. The molecule has 6 nitrogen and oxygen atoms in total. The molecule has 4 aromatic rings. The van der Waals surface area contributed by atoms with Gasteiger partial charge in [-0.2, -0.15) is 0 Å². The van der Waals surface area contributed by atoms with E-state index in [-0.39, 0.29) is 6.03 Å². The minimum Gasteiger partial charge on any atom is -0.334 e. The third kappa shape index (κ3) is 3.99. The van der Waals surface area contributed by atoms with Crippen LogP contribution < -0.4 is 5.32 Å². The maximum Gasteiger partial charge on any atom is 0.317 e. The van der Waals surface area contributed by atoms with E-state index < -0.39 is 0 Å². The lowest BCUT2D eigenvalue weighted by molar-refractivity contribution is 0.133. The Morgan fingerprint density at radius 2 is 1.68 bits per heavy atom. The van der Waals surface area contributed by atoms with Crippen molar-refractivity contribution in [3.8, 4) is 0 Å². The van der Waals surface area contributed by atoms with Crippen LogP contribution in [0.4, 0.5) is 4.79 Å². The van der Waals surface area contributed by atoms with E-state index in [1.165, 1.54) is 10.8 Å². The molecule has 0 saturated carbocycles. The number of carbonyl (C=O) groups is 1. The van der Waals surface area contributed by atoms with Gasteiger partial charge in [0.1, 0.15) is 5.82 Å². The Balaban J connectivity index is 1.16. The summed E-state index contributed by atoms with van der Waals surface area (Å²) in [5.41, 5.74) is 3.34. The van der Waals surface area contributed by atoms with Gasteiger partial charge in [-0.1, -0.05) is 54.6 Å². The maximum absolute atomic E-state index is 12.7. The first kappa shape index (κ1) is 19.6. The summed E-state index contributed by atoms with van der Waals surface area (Å²) in [6, 6.07) is 22.7. The number of carbonyl (C=O) groups excluding carboxylic acids is 1. The second-order valence-corrected chi connectivity index (χ2v) is 8.14. The smallest absolute Gasteiger partial charge is 0.317 e. The molecule has 1 N–H and O–H groups in total. The van der Waals surface area contributed by atoms with Crippen molar-refractivity contribution >= 4 is 27.8 Å². The molecule has 0 spiro atoms. The van der Waals surface area contributed by atoms with E-state index in [0.29, 0.717) is 6.54 Å². The molecule has 158 valence electrons. The molecule has 31 heavy (non-hydrogen) atoms. The number of fused-ring (bicyclic) bond motifs is 2. The largest absolute Gasteiger partial charge is 0.334 e. The fourth-order valence-electron chi connectivity index (χ4n) is 4.38. The lowest BCUT2D eigenvalue weighted by Crippen LogP contribution is -2.51. The van der Waals surface area contributed by atoms with Gasteiger partial charge < -0.3 is 14.8 Å². The Labute approximate surface area is 182 Å². The topological polar surface area (TPSA) is 53.4 Å². The van der Waals surface area contributed by atoms with Crippen molar-refractivity contribution in [1.29, 1.82) is 0 Å². The van der Waals surface area contributed by atoms with E-state index in [2.05, 4.69) is 58.2 Å². The summed E-state index contributed by atoms with van der Waals surface area (Å²) >= 11 is 0. The molecule has 1 aliphatic heterocycles. The monoisotopic (exact) mass is 413 g/mol. The predicted octanol–water partition coefficient (Wildman–Crippen LogP) is 3.75. The van der Waals surface area contributed by atoms with Crippen LogP contribution in [0.1, 0.15) is 11.4 Å². The van der Waals surface area contributed by atoms with Crippen molar-refractivity contribution in [2.24, 2.45) is 7.05 Å². The van der Waals surface area contributed by atoms with E-state index in [4.69, 9.17) is 4.98 Å². The summed E-state index contributed by atoms with van der Waals surface area (Å²) in [5.74, 6) is 1.06. The van der Waals surface area contributed by atoms with Crippen LogP contribution in [0.3, 0.4) is 0 Å². The van der Waals surface area contributed by atoms with Gasteiger partial charge in [0, 0.05) is 39.8 Å². The summed E-state index contributed by atoms with van der Waals surface area (Å²) in [5, 5.41) is 5.50. The second-order valence-electron chi connectivity index (χ2n) is 8.14. The highest BCUT2D eigenvalue weighted by molar-refractivity contribution is 5.86. The Morgan fingerprint density at radius 3 is 2.52 bits per heavy atom. The molecule has 1 aromatic heterocycles. The fraction of sp³-hybridized carbons (Fsp3) is 0.280. The third-order valence-corrected chi connectivity index (χ3v) is 6.21. The number of aromatic nitrogens is 2. The second kappa shape index (κ2) is 8.40. The zero-order valence-electron chi connectivity index (χ0n) is 17.8. The van der Waals surface area contributed by atoms with Gasteiger partial charge in [0.05, 0.1) is 17.6 Å². The van der Waals surface area contributed by atoms with Crippen LogP contribution in [0.2, 0.25) is 0 Å². The number of hydrogen-bond donors (Lipinski definition) is 1. The molecule has 5 rings (SSSR count). The van der Waals surface area contributed by atoms with Crippen molar-refractivity contribution < 1.29 is 4.79 Å².